The largest absolute Gasteiger partial charge is 0.348 e. The molecule has 2 rings (SSSR count). The van der Waals surface area contributed by atoms with Gasteiger partial charge in [0.1, 0.15) is 5.69 Å². The summed E-state index contributed by atoms with van der Waals surface area (Å²) in [5.74, 6) is -0.00977. The Labute approximate surface area is 103 Å². The quantitative estimate of drug-likeness (QED) is 0.884. The number of carbonyl (C=O) groups excluding carboxylic acids is 1. The molecule has 5 heteroatoms. The predicted octanol–water partition coefficient (Wildman–Crippen LogP) is 1.49. The molecule has 1 heterocycles. The van der Waals surface area contributed by atoms with Gasteiger partial charge in [-0.2, -0.15) is 0 Å². The van der Waals surface area contributed by atoms with Gasteiger partial charge in [-0.3, -0.25) is 4.79 Å². The lowest BCUT2D eigenvalue weighted by Crippen LogP contribution is -2.50. The van der Waals surface area contributed by atoms with Crippen LogP contribution in [0.2, 0.25) is 0 Å². The molecule has 1 aromatic rings. The molecule has 1 saturated carbocycles. The van der Waals surface area contributed by atoms with E-state index in [1.165, 1.54) is 0 Å². The summed E-state index contributed by atoms with van der Waals surface area (Å²) in [6.07, 6.45) is 3.70. The van der Waals surface area contributed by atoms with Crippen molar-refractivity contribution in [3.05, 3.63) is 22.4 Å². The number of aromatic nitrogens is 1. The van der Waals surface area contributed by atoms with E-state index in [4.69, 9.17) is 5.73 Å². The highest BCUT2D eigenvalue weighted by Gasteiger charge is 2.28. The molecule has 0 bridgehead atoms. The second kappa shape index (κ2) is 4.59. The van der Waals surface area contributed by atoms with Crippen molar-refractivity contribution in [2.24, 2.45) is 5.73 Å². The lowest BCUT2D eigenvalue weighted by atomic mass is 9.87. The zero-order valence-corrected chi connectivity index (χ0v) is 10.8. The van der Waals surface area contributed by atoms with E-state index in [1.807, 2.05) is 23.8 Å². The average Bonchev–Trinajstić information content (AvgIpc) is 2.57. The Bertz CT molecular complexity index is 396. The summed E-state index contributed by atoms with van der Waals surface area (Å²) < 4.78 is 2.86. The summed E-state index contributed by atoms with van der Waals surface area (Å²) in [7, 11) is 0. The average molecular weight is 286 g/mol. The van der Waals surface area contributed by atoms with Crippen molar-refractivity contribution in [2.75, 3.05) is 0 Å². The molecule has 0 aromatic carbocycles. The fraction of sp³-hybridized carbons (Fsp3) is 0.545. The highest BCUT2D eigenvalue weighted by molar-refractivity contribution is 9.10. The number of carbonyl (C=O) groups is 1. The molecule has 3 N–H and O–H groups in total. The zero-order valence-electron chi connectivity index (χ0n) is 9.24. The van der Waals surface area contributed by atoms with Gasteiger partial charge >= 0.3 is 0 Å². The maximum absolute atomic E-state index is 12.0. The molecule has 0 atom stereocenters. The number of amides is 1. The molecule has 1 aromatic heterocycles. The Morgan fingerprint density at radius 1 is 1.69 bits per heavy atom. The van der Waals surface area contributed by atoms with Crippen molar-refractivity contribution in [3.8, 4) is 0 Å². The number of rotatable bonds is 3. The van der Waals surface area contributed by atoms with Crippen LogP contribution in [0.3, 0.4) is 0 Å². The molecule has 1 aliphatic carbocycles. The van der Waals surface area contributed by atoms with Gasteiger partial charge in [-0.15, -0.1) is 0 Å². The van der Waals surface area contributed by atoms with E-state index in [0.29, 0.717) is 5.69 Å². The maximum Gasteiger partial charge on any atom is 0.268 e. The third-order valence-electron chi connectivity index (χ3n) is 2.95. The SMILES string of the molecule is CCn1cc(Br)cc1C(=O)NC1CC(N)C1. The summed E-state index contributed by atoms with van der Waals surface area (Å²) >= 11 is 3.38. The number of aryl methyl sites for hydroxylation is 1. The molecule has 0 saturated heterocycles. The Balaban J connectivity index is 2.02. The molecule has 0 unspecified atom stereocenters. The van der Waals surface area contributed by atoms with E-state index in [0.717, 1.165) is 23.9 Å². The second-order valence-corrected chi connectivity index (χ2v) is 5.15. The maximum atomic E-state index is 12.0. The van der Waals surface area contributed by atoms with Crippen molar-refractivity contribution in [2.45, 2.75) is 38.4 Å². The molecule has 0 spiro atoms. The molecule has 0 aliphatic heterocycles. The van der Waals surface area contributed by atoms with Gasteiger partial charge in [-0.1, -0.05) is 0 Å². The van der Waals surface area contributed by atoms with Gasteiger partial charge in [0.25, 0.3) is 5.91 Å². The van der Waals surface area contributed by atoms with Crippen LogP contribution >= 0.6 is 15.9 Å². The number of hydrogen-bond donors (Lipinski definition) is 2. The van der Waals surface area contributed by atoms with E-state index in [9.17, 15) is 4.79 Å². The standard InChI is InChI=1S/C11H16BrN3O/c1-2-15-6-7(12)3-10(15)11(16)14-9-4-8(13)5-9/h3,6,8-9H,2,4-5,13H2,1H3,(H,14,16). The van der Waals surface area contributed by atoms with Crippen molar-refractivity contribution in [1.82, 2.24) is 9.88 Å². The van der Waals surface area contributed by atoms with Crippen LogP contribution in [-0.2, 0) is 6.54 Å². The third kappa shape index (κ3) is 2.30. The lowest BCUT2D eigenvalue weighted by Gasteiger charge is -2.32. The van der Waals surface area contributed by atoms with E-state index in [2.05, 4.69) is 21.2 Å². The number of halogens is 1. The van der Waals surface area contributed by atoms with Crippen LogP contribution in [0.25, 0.3) is 0 Å². The highest BCUT2D eigenvalue weighted by atomic mass is 79.9. The first-order valence-electron chi connectivity index (χ1n) is 5.52. The van der Waals surface area contributed by atoms with Gasteiger partial charge in [0.15, 0.2) is 0 Å². The first-order valence-corrected chi connectivity index (χ1v) is 6.31. The fourth-order valence-electron chi connectivity index (χ4n) is 1.97. The van der Waals surface area contributed by atoms with E-state index in [-0.39, 0.29) is 18.0 Å². The third-order valence-corrected chi connectivity index (χ3v) is 3.38. The van der Waals surface area contributed by atoms with Crippen molar-refractivity contribution < 1.29 is 4.79 Å². The first-order chi connectivity index (χ1) is 7.60. The Hall–Kier alpha value is -0.810. The van der Waals surface area contributed by atoms with Crippen LogP contribution < -0.4 is 11.1 Å². The fourth-order valence-corrected chi connectivity index (χ4v) is 2.43. The molecular formula is C11H16BrN3O. The van der Waals surface area contributed by atoms with Gasteiger partial charge in [0.2, 0.25) is 0 Å². The molecule has 1 aliphatic rings. The minimum atomic E-state index is -0.00977. The summed E-state index contributed by atoms with van der Waals surface area (Å²) in [5.41, 5.74) is 6.38. The molecular weight excluding hydrogens is 270 g/mol. The van der Waals surface area contributed by atoms with Crippen LogP contribution in [0.4, 0.5) is 0 Å². The van der Waals surface area contributed by atoms with Crippen LogP contribution in [0.15, 0.2) is 16.7 Å². The number of nitrogens with two attached hydrogens (primary N) is 1. The normalized spacial score (nSPS) is 23.9. The van der Waals surface area contributed by atoms with Crippen LogP contribution in [0.5, 0.6) is 0 Å². The van der Waals surface area contributed by atoms with E-state index < -0.39 is 0 Å². The van der Waals surface area contributed by atoms with Gasteiger partial charge in [-0.25, -0.2) is 0 Å². The smallest absolute Gasteiger partial charge is 0.268 e. The topological polar surface area (TPSA) is 60.0 Å². The molecule has 88 valence electrons. The Kier molecular flexibility index (Phi) is 3.35. The van der Waals surface area contributed by atoms with Gasteiger partial charge in [0, 0.05) is 29.3 Å². The van der Waals surface area contributed by atoms with E-state index >= 15 is 0 Å². The first kappa shape index (κ1) is 11.7. The molecule has 1 fully saturated rings. The van der Waals surface area contributed by atoms with Crippen molar-refractivity contribution in [1.29, 1.82) is 0 Å². The molecule has 0 radical (unpaired) electrons. The Morgan fingerprint density at radius 3 is 2.94 bits per heavy atom. The zero-order chi connectivity index (χ0) is 11.7. The number of nitrogens with zero attached hydrogens (tertiary/aromatic N) is 1. The van der Waals surface area contributed by atoms with Crippen LogP contribution in [0.1, 0.15) is 30.3 Å². The summed E-state index contributed by atoms with van der Waals surface area (Å²) in [4.78, 5) is 12.0. The Morgan fingerprint density at radius 2 is 2.38 bits per heavy atom. The summed E-state index contributed by atoms with van der Waals surface area (Å²) in [6.45, 7) is 2.81. The van der Waals surface area contributed by atoms with Gasteiger partial charge in [0.05, 0.1) is 0 Å². The summed E-state index contributed by atoms with van der Waals surface area (Å²) in [6, 6.07) is 2.36. The van der Waals surface area contributed by atoms with Crippen LogP contribution in [-0.4, -0.2) is 22.6 Å². The second-order valence-electron chi connectivity index (χ2n) is 4.23. The van der Waals surface area contributed by atoms with E-state index in [1.54, 1.807) is 0 Å². The molecule has 1 amide bonds. The van der Waals surface area contributed by atoms with Gasteiger partial charge in [-0.05, 0) is 41.8 Å². The predicted molar refractivity (Wildman–Crippen MR) is 66.3 cm³/mol. The monoisotopic (exact) mass is 285 g/mol. The van der Waals surface area contributed by atoms with Gasteiger partial charge < -0.3 is 15.6 Å². The number of nitrogens with one attached hydrogen (secondary N) is 1. The number of hydrogen-bond acceptors (Lipinski definition) is 2. The van der Waals surface area contributed by atoms with Crippen molar-refractivity contribution in [3.63, 3.8) is 0 Å². The lowest BCUT2D eigenvalue weighted by molar-refractivity contribution is 0.0901. The minimum Gasteiger partial charge on any atom is -0.348 e. The van der Waals surface area contributed by atoms with Crippen LogP contribution in [0, 0.1) is 0 Å². The summed E-state index contributed by atoms with van der Waals surface area (Å²) in [5, 5.41) is 2.99. The molecule has 16 heavy (non-hydrogen) atoms. The molecule has 4 nitrogen and oxygen atoms in total. The highest BCUT2D eigenvalue weighted by Crippen LogP contribution is 2.19. The van der Waals surface area contributed by atoms with Crippen molar-refractivity contribution >= 4 is 21.8 Å². The minimum absolute atomic E-state index is 0.00977.